The number of aromatic nitrogens is 1. The summed E-state index contributed by atoms with van der Waals surface area (Å²) in [6.07, 6.45) is 0.326. The Bertz CT molecular complexity index is 450. The number of hydrogen-bond donors (Lipinski definition) is 1. The van der Waals surface area contributed by atoms with Gasteiger partial charge in [0.2, 0.25) is 5.91 Å². The highest BCUT2D eigenvalue weighted by Gasteiger charge is 2.20. The van der Waals surface area contributed by atoms with E-state index in [0.29, 0.717) is 36.9 Å². The molecule has 1 aliphatic rings. The van der Waals surface area contributed by atoms with E-state index >= 15 is 0 Å². The third-order valence-electron chi connectivity index (χ3n) is 2.53. The first-order chi connectivity index (χ1) is 8.16. The van der Waals surface area contributed by atoms with Crippen LogP contribution >= 0.6 is 11.6 Å². The average Bonchev–Trinajstić information content (AvgIpc) is 2.53. The van der Waals surface area contributed by atoms with Crippen molar-refractivity contribution in [1.82, 2.24) is 15.2 Å². The fraction of sp³-hybridized carbons (Fsp3) is 0.364. The molecule has 0 spiro atoms. The largest absolute Gasteiger partial charge is 0.354 e. The lowest BCUT2D eigenvalue weighted by Gasteiger charge is -2.18. The molecule has 6 heteroatoms. The van der Waals surface area contributed by atoms with Gasteiger partial charge in [-0.2, -0.15) is 0 Å². The molecule has 1 fully saturated rings. The van der Waals surface area contributed by atoms with E-state index in [1.54, 1.807) is 23.1 Å². The average molecular weight is 254 g/mol. The summed E-state index contributed by atoms with van der Waals surface area (Å²) in [5.41, 5.74) is 0.312. The van der Waals surface area contributed by atoms with Gasteiger partial charge in [-0.1, -0.05) is 17.7 Å². The molecule has 5 nitrogen and oxygen atoms in total. The Morgan fingerprint density at radius 2 is 2.24 bits per heavy atom. The number of nitrogens with zero attached hydrogens (tertiary/aromatic N) is 2. The molecule has 0 atom stereocenters. The summed E-state index contributed by atoms with van der Waals surface area (Å²) in [6, 6.07) is 4.92. The van der Waals surface area contributed by atoms with Crippen LogP contribution in [0.15, 0.2) is 18.2 Å². The number of nitrogens with one attached hydrogen (secondary N) is 1. The molecule has 0 aliphatic carbocycles. The summed E-state index contributed by atoms with van der Waals surface area (Å²) in [6.45, 7) is 1.39. The Morgan fingerprint density at radius 1 is 1.41 bits per heavy atom. The number of hydrogen-bond acceptors (Lipinski definition) is 3. The Hall–Kier alpha value is -1.62. The van der Waals surface area contributed by atoms with Crippen molar-refractivity contribution in [2.24, 2.45) is 0 Å². The van der Waals surface area contributed by atoms with Crippen molar-refractivity contribution < 1.29 is 9.59 Å². The third kappa shape index (κ3) is 2.94. The summed E-state index contributed by atoms with van der Waals surface area (Å²) in [5, 5.41) is 3.00. The Morgan fingerprint density at radius 3 is 3.00 bits per heavy atom. The monoisotopic (exact) mass is 253 g/mol. The van der Waals surface area contributed by atoms with Gasteiger partial charge in [-0.05, 0) is 12.1 Å². The molecular weight excluding hydrogens is 242 g/mol. The normalized spacial score (nSPS) is 16.3. The molecule has 1 aromatic rings. The van der Waals surface area contributed by atoms with Crippen LogP contribution in [0.1, 0.15) is 16.9 Å². The highest BCUT2D eigenvalue weighted by atomic mass is 35.5. The SMILES string of the molecule is O=C1CCN(C(=O)c2cccc(Cl)n2)CCN1. The molecule has 17 heavy (non-hydrogen) atoms. The van der Waals surface area contributed by atoms with Crippen LogP contribution in [0.3, 0.4) is 0 Å². The minimum absolute atomic E-state index is 0.0284. The zero-order valence-corrected chi connectivity index (χ0v) is 9.91. The Kier molecular flexibility index (Phi) is 3.58. The summed E-state index contributed by atoms with van der Waals surface area (Å²) < 4.78 is 0. The summed E-state index contributed by atoms with van der Waals surface area (Å²) in [7, 11) is 0. The maximum absolute atomic E-state index is 12.1. The van der Waals surface area contributed by atoms with Crippen LogP contribution in [0.2, 0.25) is 5.15 Å². The Balaban J connectivity index is 2.11. The number of pyridine rings is 1. The molecule has 0 unspecified atom stereocenters. The molecule has 90 valence electrons. The van der Waals surface area contributed by atoms with Crippen molar-refractivity contribution in [3.63, 3.8) is 0 Å². The van der Waals surface area contributed by atoms with Gasteiger partial charge in [0.25, 0.3) is 5.91 Å². The van der Waals surface area contributed by atoms with Gasteiger partial charge in [0, 0.05) is 26.1 Å². The van der Waals surface area contributed by atoms with Crippen LogP contribution in [0, 0.1) is 0 Å². The molecule has 2 amide bonds. The molecule has 0 bridgehead atoms. The number of carbonyl (C=O) groups is 2. The summed E-state index contributed by atoms with van der Waals surface area (Å²) in [4.78, 5) is 28.8. The smallest absolute Gasteiger partial charge is 0.272 e. The van der Waals surface area contributed by atoms with E-state index in [9.17, 15) is 9.59 Å². The number of halogens is 1. The van der Waals surface area contributed by atoms with Crippen molar-refractivity contribution in [3.8, 4) is 0 Å². The second kappa shape index (κ2) is 5.14. The number of rotatable bonds is 1. The summed E-state index contributed by atoms with van der Waals surface area (Å²) in [5.74, 6) is -0.219. The van der Waals surface area contributed by atoms with E-state index in [4.69, 9.17) is 11.6 Å². The van der Waals surface area contributed by atoms with Gasteiger partial charge >= 0.3 is 0 Å². The van der Waals surface area contributed by atoms with Crippen LogP contribution < -0.4 is 5.32 Å². The van der Waals surface area contributed by atoms with Crippen LogP contribution in [0.4, 0.5) is 0 Å². The molecular formula is C11H12ClN3O2. The van der Waals surface area contributed by atoms with Crippen molar-refractivity contribution in [2.45, 2.75) is 6.42 Å². The molecule has 1 aromatic heterocycles. The molecule has 2 rings (SSSR count). The first kappa shape index (κ1) is 11.9. The van der Waals surface area contributed by atoms with Gasteiger partial charge in [-0.25, -0.2) is 4.98 Å². The zero-order chi connectivity index (χ0) is 12.3. The molecule has 0 radical (unpaired) electrons. The quantitative estimate of drug-likeness (QED) is 0.750. The standard InChI is InChI=1S/C11H12ClN3O2/c12-9-3-1-2-8(14-9)11(17)15-6-4-10(16)13-5-7-15/h1-3H,4-7H2,(H,13,16). The number of amides is 2. The molecule has 1 saturated heterocycles. The van der Waals surface area contributed by atoms with Crippen molar-refractivity contribution in [1.29, 1.82) is 0 Å². The van der Waals surface area contributed by atoms with E-state index in [2.05, 4.69) is 10.3 Å². The zero-order valence-electron chi connectivity index (χ0n) is 9.15. The van der Waals surface area contributed by atoms with Gasteiger partial charge in [0.1, 0.15) is 10.8 Å². The first-order valence-corrected chi connectivity index (χ1v) is 5.73. The maximum atomic E-state index is 12.1. The predicted octanol–water partition coefficient (Wildman–Crippen LogP) is 0.697. The van der Waals surface area contributed by atoms with Crippen LogP contribution in [-0.2, 0) is 4.79 Å². The highest BCUT2D eigenvalue weighted by molar-refractivity contribution is 6.29. The Labute approximate surface area is 104 Å². The fourth-order valence-electron chi connectivity index (χ4n) is 1.66. The lowest BCUT2D eigenvalue weighted by Crippen LogP contribution is -2.34. The van der Waals surface area contributed by atoms with Crippen LogP contribution in [0.25, 0.3) is 0 Å². The molecule has 0 aromatic carbocycles. The minimum atomic E-state index is -0.191. The van der Waals surface area contributed by atoms with Gasteiger partial charge in [0.15, 0.2) is 0 Å². The van der Waals surface area contributed by atoms with Gasteiger partial charge < -0.3 is 10.2 Å². The lowest BCUT2D eigenvalue weighted by molar-refractivity contribution is -0.120. The maximum Gasteiger partial charge on any atom is 0.272 e. The third-order valence-corrected chi connectivity index (χ3v) is 2.74. The van der Waals surface area contributed by atoms with E-state index in [1.807, 2.05) is 0 Å². The fourth-order valence-corrected chi connectivity index (χ4v) is 1.82. The van der Waals surface area contributed by atoms with E-state index < -0.39 is 0 Å². The molecule has 1 N–H and O–H groups in total. The van der Waals surface area contributed by atoms with Crippen molar-refractivity contribution >= 4 is 23.4 Å². The van der Waals surface area contributed by atoms with Crippen LogP contribution in [0.5, 0.6) is 0 Å². The van der Waals surface area contributed by atoms with E-state index in [0.717, 1.165) is 0 Å². The second-order valence-electron chi connectivity index (χ2n) is 3.74. The van der Waals surface area contributed by atoms with Gasteiger partial charge in [-0.15, -0.1) is 0 Å². The topological polar surface area (TPSA) is 62.3 Å². The van der Waals surface area contributed by atoms with Crippen LogP contribution in [-0.4, -0.2) is 41.3 Å². The second-order valence-corrected chi connectivity index (χ2v) is 4.12. The van der Waals surface area contributed by atoms with Crippen molar-refractivity contribution in [2.75, 3.05) is 19.6 Å². The molecule has 0 saturated carbocycles. The van der Waals surface area contributed by atoms with Gasteiger partial charge in [-0.3, -0.25) is 9.59 Å². The first-order valence-electron chi connectivity index (χ1n) is 5.35. The minimum Gasteiger partial charge on any atom is -0.354 e. The van der Waals surface area contributed by atoms with Crippen molar-refractivity contribution in [3.05, 3.63) is 29.0 Å². The molecule has 1 aliphatic heterocycles. The predicted molar refractivity (Wildman–Crippen MR) is 62.8 cm³/mol. The van der Waals surface area contributed by atoms with E-state index in [-0.39, 0.29) is 11.8 Å². The highest BCUT2D eigenvalue weighted by Crippen LogP contribution is 2.09. The van der Waals surface area contributed by atoms with Gasteiger partial charge in [0.05, 0.1) is 0 Å². The number of carbonyl (C=O) groups excluding carboxylic acids is 2. The van der Waals surface area contributed by atoms with E-state index in [1.165, 1.54) is 0 Å². The summed E-state index contributed by atoms with van der Waals surface area (Å²) >= 11 is 5.73. The lowest BCUT2D eigenvalue weighted by atomic mass is 10.3. The molecule has 2 heterocycles.